The van der Waals surface area contributed by atoms with Crippen molar-refractivity contribution in [3.05, 3.63) is 81.7 Å². The van der Waals surface area contributed by atoms with Gasteiger partial charge in [-0.3, -0.25) is 4.79 Å². The number of nitrogens with one attached hydrogen (secondary N) is 1. The molecule has 0 aliphatic rings. The fourth-order valence-electron chi connectivity index (χ4n) is 3.94. The molecule has 0 fully saturated rings. The van der Waals surface area contributed by atoms with Crippen molar-refractivity contribution in [2.75, 3.05) is 7.11 Å². The predicted octanol–water partition coefficient (Wildman–Crippen LogP) is 3.49. The number of alkyl halides is 2. The average molecular weight is 485 g/mol. The standard InChI is InChI=1S/C25H26F2N4O4/c1-15(32)14-31-21(11-9-16-6-4-3-5-7-16)30-22-23(31)28-20(29-24(22)33)13-17-8-10-18(35-25(26)27)19(12-17)34-2/h3-8,10,12,15,25,32H,9,11,13-14H2,1-2H3,(H,28,29,33). The molecular formula is C25H26F2N4O4. The minimum absolute atomic E-state index is 0.0822. The van der Waals surface area contributed by atoms with Crippen molar-refractivity contribution in [1.29, 1.82) is 0 Å². The van der Waals surface area contributed by atoms with Gasteiger partial charge in [-0.1, -0.05) is 36.4 Å². The summed E-state index contributed by atoms with van der Waals surface area (Å²) in [5.41, 5.74) is 2.02. The quantitative estimate of drug-likeness (QED) is 0.357. The Morgan fingerprint density at radius 1 is 1.06 bits per heavy atom. The van der Waals surface area contributed by atoms with Gasteiger partial charge in [-0.15, -0.1) is 0 Å². The lowest BCUT2D eigenvalue weighted by atomic mass is 10.1. The van der Waals surface area contributed by atoms with Gasteiger partial charge in [-0.25, -0.2) is 9.97 Å². The van der Waals surface area contributed by atoms with Crippen molar-refractivity contribution in [3.8, 4) is 11.5 Å². The van der Waals surface area contributed by atoms with Gasteiger partial charge >= 0.3 is 6.61 Å². The molecule has 1 atom stereocenters. The summed E-state index contributed by atoms with van der Waals surface area (Å²) in [5, 5.41) is 10.1. The molecule has 0 amide bonds. The highest BCUT2D eigenvalue weighted by Gasteiger charge is 2.18. The van der Waals surface area contributed by atoms with E-state index in [-0.39, 0.29) is 35.5 Å². The Balaban J connectivity index is 1.67. The largest absolute Gasteiger partial charge is 0.493 e. The predicted molar refractivity (Wildman–Crippen MR) is 126 cm³/mol. The van der Waals surface area contributed by atoms with Crippen molar-refractivity contribution in [2.24, 2.45) is 0 Å². The van der Waals surface area contributed by atoms with Crippen LogP contribution in [0.4, 0.5) is 8.78 Å². The van der Waals surface area contributed by atoms with E-state index in [0.29, 0.717) is 29.3 Å². The third-order valence-electron chi connectivity index (χ3n) is 5.48. The maximum Gasteiger partial charge on any atom is 0.387 e. The summed E-state index contributed by atoms with van der Waals surface area (Å²) in [4.78, 5) is 24.8. The fourth-order valence-corrected chi connectivity index (χ4v) is 3.94. The Labute approximate surface area is 200 Å². The van der Waals surface area contributed by atoms with Gasteiger partial charge in [0.2, 0.25) is 0 Å². The zero-order valence-electron chi connectivity index (χ0n) is 19.4. The topological polar surface area (TPSA) is 102 Å². The number of nitrogens with zero attached hydrogens (tertiary/aromatic N) is 3. The lowest BCUT2D eigenvalue weighted by Gasteiger charge is -2.12. The van der Waals surface area contributed by atoms with Crippen LogP contribution in [0.3, 0.4) is 0 Å². The molecule has 0 spiro atoms. The number of methoxy groups -OCH3 is 1. The number of aliphatic hydroxyl groups is 1. The summed E-state index contributed by atoms with van der Waals surface area (Å²) in [7, 11) is 1.36. The number of ether oxygens (including phenoxy) is 2. The third kappa shape index (κ3) is 5.83. The Morgan fingerprint density at radius 3 is 2.51 bits per heavy atom. The molecular weight excluding hydrogens is 458 g/mol. The van der Waals surface area contributed by atoms with E-state index in [4.69, 9.17) is 4.74 Å². The summed E-state index contributed by atoms with van der Waals surface area (Å²) < 4.78 is 36.6. The monoisotopic (exact) mass is 484 g/mol. The molecule has 0 aliphatic heterocycles. The molecule has 0 aliphatic carbocycles. The van der Waals surface area contributed by atoms with Crippen LogP contribution >= 0.6 is 0 Å². The van der Waals surface area contributed by atoms with E-state index in [1.165, 1.54) is 13.2 Å². The van der Waals surface area contributed by atoms with Crippen molar-refractivity contribution in [3.63, 3.8) is 0 Å². The average Bonchev–Trinajstić information content (AvgIpc) is 3.16. The van der Waals surface area contributed by atoms with E-state index in [1.54, 1.807) is 23.6 Å². The number of rotatable bonds is 10. The molecule has 4 rings (SSSR count). The minimum atomic E-state index is -2.97. The van der Waals surface area contributed by atoms with Crippen molar-refractivity contribution < 1.29 is 23.4 Å². The van der Waals surface area contributed by atoms with Gasteiger partial charge in [0.15, 0.2) is 22.7 Å². The molecule has 2 heterocycles. The van der Waals surface area contributed by atoms with Crippen molar-refractivity contribution in [2.45, 2.75) is 45.4 Å². The number of aromatic nitrogens is 4. The normalized spacial score (nSPS) is 12.3. The van der Waals surface area contributed by atoms with Crippen LogP contribution in [0.2, 0.25) is 0 Å². The van der Waals surface area contributed by atoms with Gasteiger partial charge in [-0.2, -0.15) is 8.78 Å². The SMILES string of the molecule is COc1cc(Cc2nc3c(nc(CCc4ccccc4)n3CC(C)O)c(=O)[nH]2)ccc1OC(F)F. The lowest BCUT2D eigenvalue weighted by Crippen LogP contribution is -2.17. The first kappa shape index (κ1) is 24.3. The van der Waals surface area contributed by atoms with Crippen LogP contribution in [0.15, 0.2) is 53.3 Å². The van der Waals surface area contributed by atoms with E-state index >= 15 is 0 Å². The fraction of sp³-hybridized carbons (Fsp3) is 0.320. The van der Waals surface area contributed by atoms with Crippen molar-refractivity contribution in [1.82, 2.24) is 19.5 Å². The zero-order valence-corrected chi connectivity index (χ0v) is 19.4. The lowest BCUT2D eigenvalue weighted by molar-refractivity contribution is -0.0512. The van der Waals surface area contributed by atoms with Gasteiger partial charge < -0.3 is 24.1 Å². The number of halogens is 2. The van der Waals surface area contributed by atoms with Crippen LogP contribution in [-0.4, -0.2) is 44.5 Å². The highest BCUT2D eigenvalue weighted by Crippen LogP contribution is 2.30. The molecule has 2 N–H and O–H groups in total. The molecule has 0 saturated carbocycles. The molecule has 35 heavy (non-hydrogen) atoms. The van der Waals surface area contributed by atoms with Crippen LogP contribution in [0.1, 0.15) is 29.7 Å². The number of hydrogen-bond donors (Lipinski definition) is 2. The van der Waals surface area contributed by atoms with Crippen LogP contribution < -0.4 is 15.0 Å². The summed E-state index contributed by atoms with van der Waals surface area (Å²) in [6, 6.07) is 14.5. The molecule has 0 radical (unpaired) electrons. The first-order chi connectivity index (χ1) is 16.8. The number of hydrogen-bond acceptors (Lipinski definition) is 6. The van der Waals surface area contributed by atoms with Crippen LogP contribution in [0, 0.1) is 0 Å². The van der Waals surface area contributed by atoms with Gasteiger partial charge in [-0.05, 0) is 36.6 Å². The minimum Gasteiger partial charge on any atom is -0.493 e. The van der Waals surface area contributed by atoms with Gasteiger partial charge in [0, 0.05) is 12.8 Å². The van der Waals surface area contributed by atoms with Crippen LogP contribution in [0.5, 0.6) is 11.5 Å². The molecule has 10 heteroatoms. The van der Waals surface area contributed by atoms with E-state index in [2.05, 4.69) is 19.7 Å². The second-order valence-corrected chi connectivity index (χ2v) is 8.20. The maximum absolute atomic E-state index is 12.9. The number of H-pyrrole nitrogens is 1. The number of imidazole rings is 1. The Hall–Kier alpha value is -3.79. The molecule has 0 saturated heterocycles. The maximum atomic E-state index is 12.9. The summed E-state index contributed by atoms with van der Waals surface area (Å²) in [5.74, 6) is 1.10. The molecule has 2 aromatic carbocycles. The Bertz CT molecular complexity index is 1350. The molecule has 8 nitrogen and oxygen atoms in total. The number of aromatic amines is 1. The smallest absolute Gasteiger partial charge is 0.387 e. The Kier molecular flexibility index (Phi) is 7.40. The molecule has 1 unspecified atom stereocenters. The summed E-state index contributed by atoms with van der Waals surface area (Å²) in [6.45, 7) is -1.07. The highest BCUT2D eigenvalue weighted by atomic mass is 19.3. The van der Waals surface area contributed by atoms with E-state index < -0.39 is 12.7 Å². The Morgan fingerprint density at radius 2 is 1.83 bits per heavy atom. The van der Waals surface area contributed by atoms with Gasteiger partial charge in [0.25, 0.3) is 5.56 Å². The molecule has 2 aromatic heterocycles. The number of aryl methyl sites for hydroxylation is 2. The van der Waals surface area contributed by atoms with Gasteiger partial charge in [0.05, 0.1) is 19.8 Å². The molecule has 0 bridgehead atoms. The van der Waals surface area contributed by atoms with E-state index in [1.807, 2.05) is 30.3 Å². The summed E-state index contributed by atoms with van der Waals surface area (Å²) in [6.07, 6.45) is 0.848. The van der Waals surface area contributed by atoms with Crippen LogP contribution in [0.25, 0.3) is 11.2 Å². The highest BCUT2D eigenvalue weighted by molar-refractivity contribution is 5.70. The number of fused-ring (bicyclic) bond motifs is 1. The van der Waals surface area contributed by atoms with E-state index in [9.17, 15) is 18.7 Å². The summed E-state index contributed by atoms with van der Waals surface area (Å²) >= 11 is 0. The van der Waals surface area contributed by atoms with Gasteiger partial charge in [0.1, 0.15) is 11.6 Å². The molecule has 4 aromatic rings. The first-order valence-electron chi connectivity index (χ1n) is 11.2. The zero-order chi connectivity index (χ0) is 24.9. The van der Waals surface area contributed by atoms with Crippen LogP contribution in [-0.2, 0) is 25.8 Å². The first-order valence-corrected chi connectivity index (χ1v) is 11.2. The van der Waals surface area contributed by atoms with Crippen molar-refractivity contribution >= 4 is 11.2 Å². The molecule has 184 valence electrons. The second kappa shape index (κ2) is 10.6. The van der Waals surface area contributed by atoms with E-state index in [0.717, 1.165) is 12.0 Å². The second-order valence-electron chi connectivity index (χ2n) is 8.20. The third-order valence-corrected chi connectivity index (χ3v) is 5.48. The number of aliphatic hydroxyl groups excluding tert-OH is 1. The number of benzene rings is 2.